The summed E-state index contributed by atoms with van der Waals surface area (Å²) in [6, 6.07) is 4.17. The Hall–Kier alpha value is -1.50. The smallest absolute Gasteiger partial charge is 0.0426 e. The maximum Gasteiger partial charge on any atom is 0.0426 e. The average Bonchev–Trinajstić information content (AvgIpc) is 2.10. The fourth-order valence-electron chi connectivity index (χ4n) is 1.55. The number of aryl methyl sites for hydroxylation is 1. The summed E-state index contributed by atoms with van der Waals surface area (Å²) in [5.41, 5.74) is 11.3. The lowest BCUT2D eigenvalue weighted by Gasteiger charge is -2.11. The first kappa shape index (κ1) is 10.6. The van der Waals surface area contributed by atoms with E-state index in [0.717, 1.165) is 28.8 Å². The largest absolute Gasteiger partial charge is 0.398 e. The molecule has 0 aliphatic heterocycles. The Morgan fingerprint density at radius 2 is 2.14 bits per heavy atom. The van der Waals surface area contributed by atoms with Gasteiger partial charge in [0.15, 0.2) is 0 Å². The second kappa shape index (κ2) is 4.14. The summed E-state index contributed by atoms with van der Waals surface area (Å²) in [6.45, 7) is 11.7. The molecule has 1 heteroatoms. The SMILES string of the molecule is C=CCc1cc(C)cc(C(=C)C)c1N. The molecule has 14 heavy (non-hydrogen) atoms. The van der Waals surface area contributed by atoms with Gasteiger partial charge in [-0.3, -0.25) is 0 Å². The Balaban J connectivity index is 3.31. The van der Waals surface area contributed by atoms with Gasteiger partial charge in [0.25, 0.3) is 0 Å². The molecule has 0 atom stereocenters. The summed E-state index contributed by atoms with van der Waals surface area (Å²) in [6.07, 6.45) is 2.68. The summed E-state index contributed by atoms with van der Waals surface area (Å²) in [5, 5.41) is 0. The van der Waals surface area contributed by atoms with Gasteiger partial charge in [0.1, 0.15) is 0 Å². The second-order valence-electron chi connectivity index (χ2n) is 3.66. The van der Waals surface area contributed by atoms with Crippen molar-refractivity contribution in [3.8, 4) is 0 Å². The topological polar surface area (TPSA) is 26.0 Å². The van der Waals surface area contributed by atoms with E-state index in [4.69, 9.17) is 5.73 Å². The van der Waals surface area contributed by atoms with Crippen LogP contribution in [0.5, 0.6) is 0 Å². The number of hydrogen-bond donors (Lipinski definition) is 1. The van der Waals surface area contributed by atoms with Crippen molar-refractivity contribution in [3.05, 3.63) is 48.1 Å². The Kier molecular flexibility index (Phi) is 3.13. The zero-order chi connectivity index (χ0) is 10.7. The summed E-state index contributed by atoms with van der Waals surface area (Å²) in [5.74, 6) is 0. The maximum atomic E-state index is 6.03. The highest BCUT2D eigenvalue weighted by Gasteiger charge is 2.05. The molecule has 74 valence electrons. The van der Waals surface area contributed by atoms with Crippen LogP contribution in [0, 0.1) is 6.92 Å². The van der Waals surface area contributed by atoms with Gasteiger partial charge in [-0.1, -0.05) is 24.3 Å². The van der Waals surface area contributed by atoms with Crippen LogP contribution in [0.25, 0.3) is 5.57 Å². The van der Waals surface area contributed by atoms with E-state index in [1.54, 1.807) is 0 Å². The van der Waals surface area contributed by atoms with E-state index in [9.17, 15) is 0 Å². The third-order valence-electron chi connectivity index (χ3n) is 2.23. The van der Waals surface area contributed by atoms with Gasteiger partial charge >= 0.3 is 0 Å². The van der Waals surface area contributed by atoms with Gasteiger partial charge in [0.05, 0.1) is 0 Å². The molecule has 0 unspecified atom stereocenters. The summed E-state index contributed by atoms with van der Waals surface area (Å²) in [7, 11) is 0. The first-order valence-electron chi connectivity index (χ1n) is 4.72. The number of rotatable bonds is 3. The van der Waals surface area contributed by atoms with Crippen LogP contribution in [0.2, 0.25) is 0 Å². The predicted octanol–water partition coefficient (Wildman–Crippen LogP) is 3.34. The minimum atomic E-state index is 0.813. The van der Waals surface area contributed by atoms with Gasteiger partial charge in [-0.05, 0) is 37.5 Å². The molecule has 0 aliphatic carbocycles. The third-order valence-corrected chi connectivity index (χ3v) is 2.23. The number of nitrogens with two attached hydrogens (primary N) is 1. The molecule has 0 aliphatic rings. The molecule has 0 saturated heterocycles. The van der Waals surface area contributed by atoms with Crippen molar-refractivity contribution < 1.29 is 0 Å². The first-order chi connectivity index (χ1) is 6.56. The van der Waals surface area contributed by atoms with Crippen LogP contribution in [-0.4, -0.2) is 0 Å². The van der Waals surface area contributed by atoms with Crippen LogP contribution < -0.4 is 5.73 Å². The Morgan fingerprint density at radius 3 is 2.64 bits per heavy atom. The van der Waals surface area contributed by atoms with Crippen LogP contribution in [0.1, 0.15) is 23.6 Å². The van der Waals surface area contributed by atoms with Gasteiger partial charge < -0.3 is 5.73 Å². The molecule has 1 nitrogen and oxygen atoms in total. The van der Waals surface area contributed by atoms with Crippen molar-refractivity contribution in [1.82, 2.24) is 0 Å². The fourth-order valence-corrected chi connectivity index (χ4v) is 1.55. The van der Waals surface area contributed by atoms with Crippen molar-refractivity contribution >= 4 is 11.3 Å². The summed E-state index contributed by atoms with van der Waals surface area (Å²) < 4.78 is 0. The molecule has 1 aromatic rings. The van der Waals surface area contributed by atoms with Crippen molar-refractivity contribution in [2.24, 2.45) is 0 Å². The molecule has 2 N–H and O–H groups in total. The van der Waals surface area contributed by atoms with Crippen LogP contribution >= 0.6 is 0 Å². The molecule has 0 saturated carbocycles. The zero-order valence-electron chi connectivity index (χ0n) is 8.93. The van der Waals surface area contributed by atoms with E-state index in [0.29, 0.717) is 0 Å². The van der Waals surface area contributed by atoms with Gasteiger partial charge in [0, 0.05) is 11.3 Å². The molecule has 0 aromatic heterocycles. The van der Waals surface area contributed by atoms with Gasteiger partial charge in [-0.15, -0.1) is 6.58 Å². The number of benzene rings is 1. The van der Waals surface area contributed by atoms with Crippen LogP contribution in [0.3, 0.4) is 0 Å². The Bertz CT molecular complexity index is 375. The van der Waals surface area contributed by atoms with Crippen molar-refractivity contribution in [3.63, 3.8) is 0 Å². The summed E-state index contributed by atoms with van der Waals surface area (Å²) in [4.78, 5) is 0. The molecule has 0 heterocycles. The Morgan fingerprint density at radius 1 is 1.50 bits per heavy atom. The van der Waals surface area contributed by atoms with Crippen molar-refractivity contribution in [2.75, 3.05) is 5.73 Å². The van der Waals surface area contributed by atoms with Crippen LogP contribution in [0.15, 0.2) is 31.4 Å². The number of hydrogen-bond acceptors (Lipinski definition) is 1. The number of nitrogen functional groups attached to an aromatic ring is 1. The molecule has 1 aromatic carbocycles. The average molecular weight is 187 g/mol. The number of anilines is 1. The van der Waals surface area contributed by atoms with E-state index in [1.807, 2.05) is 13.0 Å². The Labute approximate surface area is 85.9 Å². The summed E-state index contributed by atoms with van der Waals surface area (Å²) >= 11 is 0. The second-order valence-corrected chi connectivity index (χ2v) is 3.66. The lowest BCUT2D eigenvalue weighted by molar-refractivity contribution is 1.25. The highest BCUT2D eigenvalue weighted by Crippen LogP contribution is 2.25. The van der Waals surface area contributed by atoms with E-state index in [1.165, 1.54) is 5.56 Å². The first-order valence-corrected chi connectivity index (χ1v) is 4.72. The van der Waals surface area contributed by atoms with E-state index >= 15 is 0 Å². The zero-order valence-corrected chi connectivity index (χ0v) is 8.93. The van der Waals surface area contributed by atoms with Gasteiger partial charge in [-0.2, -0.15) is 0 Å². The normalized spacial score (nSPS) is 9.86. The minimum Gasteiger partial charge on any atom is -0.398 e. The van der Waals surface area contributed by atoms with E-state index in [2.05, 4.69) is 32.2 Å². The molecular weight excluding hydrogens is 170 g/mol. The molecule has 0 amide bonds. The molecule has 0 spiro atoms. The van der Waals surface area contributed by atoms with Gasteiger partial charge in [-0.25, -0.2) is 0 Å². The van der Waals surface area contributed by atoms with E-state index < -0.39 is 0 Å². The minimum absolute atomic E-state index is 0.813. The molecule has 0 radical (unpaired) electrons. The lowest BCUT2D eigenvalue weighted by atomic mass is 9.98. The van der Waals surface area contributed by atoms with Gasteiger partial charge in [0.2, 0.25) is 0 Å². The van der Waals surface area contributed by atoms with Crippen LogP contribution in [0.4, 0.5) is 5.69 Å². The predicted molar refractivity (Wildman–Crippen MR) is 64.2 cm³/mol. The van der Waals surface area contributed by atoms with Crippen molar-refractivity contribution in [2.45, 2.75) is 20.3 Å². The molecule has 1 rings (SSSR count). The van der Waals surface area contributed by atoms with E-state index in [-0.39, 0.29) is 0 Å². The fraction of sp³-hybridized carbons (Fsp3) is 0.231. The van der Waals surface area contributed by atoms with Crippen LogP contribution in [-0.2, 0) is 6.42 Å². The quantitative estimate of drug-likeness (QED) is 0.570. The number of allylic oxidation sites excluding steroid dienone is 2. The molecule has 0 fully saturated rings. The molecular formula is C13H17N. The van der Waals surface area contributed by atoms with Crippen molar-refractivity contribution in [1.29, 1.82) is 0 Å². The standard InChI is InChI=1S/C13H17N/c1-5-6-11-7-10(4)8-12(9(2)3)13(11)14/h5,7-8H,1-2,6,14H2,3-4H3. The molecule has 0 bridgehead atoms. The highest BCUT2D eigenvalue weighted by atomic mass is 14.6. The third kappa shape index (κ3) is 2.05. The lowest BCUT2D eigenvalue weighted by Crippen LogP contribution is -1.99. The monoisotopic (exact) mass is 187 g/mol. The highest BCUT2D eigenvalue weighted by molar-refractivity contribution is 5.75. The maximum absolute atomic E-state index is 6.03.